The lowest BCUT2D eigenvalue weighted by atomic mass is 9.98. The molecule has 2 aromatic heterocycles. The first kappa shape index (κ1) is 21.0. The predicted octanol–water partition coefficient (Wildman–Crippen LogP) is 3.61. The number of hydrogen-bond acceptors (Lipinski definition) is 6. The minimum Gasteiger partial charge on any atom is -0.355 e. The van der Waals surface area contributed by atoms with Gasteiger partial charge in [-0.3, -0.25) is 9.78 Å². The fraction of sp³-hybridized carbons (Fsp3) is 0.231. The number of aromatic nitrogens is 3. The van der Waals surface area contributed by atoms with Gasteiger partial charge in [0.05, 0.1) is 5.52 Å². The molecule has 0 atom stereocenters. The number of nitrogens with zero attached hydrogens (tertiary/aromatic N) is 4. The van der Waals surface area contributed by atoms with Crippen molar-refractivity contribution in [1.82, 2.24) is 25.6 Å². The van der Waals surface area contributed by atoms with Crippen LogP contribution in [0.4, 0.5) is 11.5 Å². The Labute approximate surface area is 192 Å². The topological polar surface area (TPSA) is 83.0 Å². The van der Waals surface area contributed by atoms with E-state index in [4.69, 9.17) is 4.98 Å². The first-order valence-electron chi connectivity index (χ1n) is 11.2. The lowest BCUT2D eigenvalue weighted by Gasteiger charge is -2.20. The number of anilines is 2. The van der Waals surface area contributed by atoms with E-state index in [0.29, 0.717) is 19.6 Å². The summed E-state index contributed by atoms with van der Waals surface area (Å²) in [6.07, 6.45) is 4.45. The van der Waals surface area contributed by atoms with Gasteiger partial charge in [-0.2, -0.15) is 0 Å². The Balaban J connectivity index is 1.40. The SMILES string of the molecule is CC(=O)NCCNCc1cnc2c(N3CCc4c(-c5ccccc5)cccc43)ncnc2c1. The quantitative estimate of drug-likeness (QED) is 0.429. The lowest BCUT2D eigenvalue weighted by molar-refractivity contribution is -0.118. The van der Waals surface area contributed by atoms with Gasteiger partial charge in [0.1, 0.15) is 11.8 Å². The zero-order valence-electron chi connectivity index (χ0n) is 18.6. The highest BCUT2D eigenvalue weighted by Crippen LogP contribution is 2.40. The van der Waals surface area contributed by atoms with Gasteiger partial charge in [0.25, 0.3) is 0 Å². The Morgan fingerprint density at radius 3 is 2.76 bits per heavy atom. The molecule has 0 aliphatic carbocycles. The number of carbonyl (C=O) groups excluding carboxylic acids is 1. The van der Waals surface area contributed by atoms with Gasteiger partial charge in [0.15, 0.2) is 5.82 Å². The molecule has 1 aliphatic heterocycles. The van der Waals surface area contributed by atoms with Crippen molar-refractivity contribution < 1.29 is 4.79 Å². The van der Waals surface area contributed by atoms with E-state index < -0.39 is 0 Å². The molecule has 0 saturated carbocycles. The van der Waals surface area contributed by atoms with Gasteiger partial charge in [0.2, 0.25) is 5.91 Å². The number of benzene rings is 2. The third kappa shape index (κ3) is 4.40. The van der Waals surface area contributed by atoms with Gasteiger partial charge in [-0.1, -0.05) is 42.5 Å². The van der Waals surface area contributed by atoms with Gasteiger partial charge < -0.3 is 15.5 Å². The summed E-state index contributed by atoms with van der Waals surface area (Å²) in [7, 11) is 0. The number of amides is 1. The van der Waals surface area contributed by atoms with Crippen molar-refractivity contribution in [2.24, 2.45) is 0 Å². The average molecular weight is 439 g/mol. The van der Waals surface area contributed by atoms with E-state index in [1.165, 1.54) is 29.3 Å². The zero-order chi connectivity index (χ0) is 22.6. The molecule has 0 fully saturated rings. The van der Waals surface area contributed by atoms with Crippen LogP contribution in [0.1, 0.15) is 18.1 Å². The fourth-order valence-corrected chi connectivity index (χ4v) is 4.37. The van der Waals surface area contributed by atoms with Crippen LogP contribution in [0.25, 0.3) is 22.2 Å². The highest BCUT2D eigenvalue weighted by atomic mass is 16.1. The van der Waals surface area contributed by atoms with Crippen LogP contribution in [-0.4, -0.2) is 40.5 Å². The van der Waals surface area contributed by atoms with E-state index in [1.807, 2.05) is 12.3 Å². The minimum atomic E-state index is -0.0206. The number of rotatable bonds is 7. The van der Waals surface area contributed by atoms with E-state index >= 15 is 0 Å². The van der Waals surface area contributed by atoms with Gasteiger partial charge in [0, 0.05) is 45.0 Å². The third-order valence-electron chi connectivity index (χ3n) is 5.89. The molecule has 1 aliphatic rings. The van der Waals surface area contributed by atoms with E-state index in [9.17, 15) is 4.79 Å². The minimum absolute atomic E-state index is 0.0206. The van der Waals surface area contributed by atoms with E-state index in [1.54, 1.807) is 6.33 Å². The predicted molar refractivity (Wildman–Crippen MR) is 130 cm³/mol. The molecule has 5 rings (SSSR count). The molecule has 7 nitrogen and oxygen atoms in total. The first-order valence-corrected chi connectivity index (χ1v) is 11.2. The van der Waals surface area contributed by atoms with Crippen LogP contribution >= 0.6 is 0 Å². The molecule has 7 heteroatoms. The fourth-order valence-electron chi connectivity index (χ4n) is 4.37. The smallest absolute Gasteiger partial charge is 0.216 e. The Morgan fingerprint density at radius 1 is 1.03 bits per heavy atom. The Bertz CT molecular complexity index is 1290. The van der Waals surface area contributed by atoms with Crippen molar-refractivity contribution in [2.75, 3.05) is 24.5 Å². The van der Waals surface area contributed by atoms with Crippen molar-refractivity contribution >= 4 is 28.4 Å². The molecule has 3 heterocycles. The van der Waals surface area contributed by atoms with Crippen molar-refractivity contribution in [1.29, 1.82) is 0 Å². The van der Waals surface area contributed by atoms with Crippen molar-refractivity contribution in [3.05, 3.63) is 78.2 Å². The summed E-state index contributed by atoms with van der Waals surface area (Å²) in [6, 6.07) is 19.0. The van der Waals surface area contributed by atoms with Crippen LogP contribution in [0.3, 0.4) is 0 Å². The second-order valence-electron chi connectivity index (χ2n) is 8.14. The number of pyridine rings is 1. The standard InChI is InChI=1S/C26H26N6O/c1-18(33)28-12-11-27-15-19-14-23-25(29-16-19)26(31-17-30-23)32-13-10-22-21(8-5-9-24(22)32)20-6-3-2-4-7-20/h2-9,14,16-17,27H,10-13,15H2,1H3,(H,28,33). The molecule has 0 unspecified atom stereocenters. The Morgan fingerprint density at radius 2 is 1.91 bits per heavy atom. The molecule has 2 aromatic carbocycles. The van der Waals surface area contributed by atoms with E-state index in [0.717, 1.165) is 35.4 Å². The normalized spacial score (nSPS) is 12.7. The van der Waals surface area contributed by atoms with E-state index in [-0.39, 0.29) is 5.91 Å². The highest BCUT2D eigenvalue weighted by Gasteiger charge is 2.26. The summed E-state index contributed by atoms with van der Waals surface area (Å²) in [4.78, 5) is 27.0. The van der Waals surface area contributed by atoms with Crippen LogP contribution < -0.4 is 15.5 Å². The monoisotopic (exact) mass is 438 g/mol. The van der Waals surface area contributed by atoms with Gasteiger partial charge in [-0.25, -0.2) is 9.97 Å². The molecule has 1 amide bonds. The average Bonchev–Trinajstić information content (AvgIpc) is 3.28. The maximum absolute atomic E-state index is 11.0. The first-order chi connectivity index (χ1) is 16.2. The second kappa shape index (κ2) is 9.34. The van der Waals surface area contributed by atoms with Crippen LogP contribution in [-0.2, 0) is 17.8 Å². The van der Waals surface area contributed by atoms with Crippen molar-refractivity contribution in [3.8, 4) is 11.1 Å². The maximum Gasteiger partial charge on any atom is 0.216 e. The largest absolute Gasteiger partial charge is 0.355 e. The highest BCUT2D eigenvalue weighted by molar-refractivity contribution is 5.90. The van der Waals surface area contributed by atoms with Crippen molar-refractivity contribution in [2.45, 2.75) is 19.9 Å². The number of hydrogen-bond donors (Lipinski definition) is 2. The van der Waals surface area contributed by atoms with Crippen LogP contribution in [0.5, 0.6) is 0 Å². The summed E-state index contributed by atoms with van der Waals surface area (Å²) < 4.78 is 0. The summed E-state index contributed by atoms with van der Waals surface area (Å²) >= 11 is 0. The Hall–Kier alpha value is -3.84. The molecule has 2 N–H and O–H groups in total. The summed E-state index contributed by atoms with van der Waals surface area (Å²) in [5.41, 5.74) is 7.71. The summed E-state index contributed by atoms with van der Waals surface area (Å²) in [5, 5.41) is 6.10. The maximum atomic E-state index is 11.0. The molecule has 0 spiro atoms. The number of carbonyl (C=O) groups is 1. The third-order valence-corrected chi connectivity index (χ3v) is 5.89. The van der Waals surface area contributed by atoms with Gasteiger partial charge in [-0.15, -0.1) is 0 Å². The molecule has 0 bridgehead atoms. The molecule has 166 valence electrons. The molecular formula is C26H26N6O. The van der Waals surface area contributed by atoms with E-state index in [2.05, 4.69) is 74.0 Å². The summed E-state index contributed by atoms with van der Waals surface area (Å²) in [6.45, 7) is 4.34. The number of nitrogens with one attached hydrogen (secondary N) is 2. The van der Waals surface area contributed by atoms with Gasteiger partial charge in [-0.05, 0) is 40.8 Å². The Kier molecular flexibility index (Phi) is 5.95. The molecule has 4 aromatic rings. The van der Waals surface area contributed by atoms with Crippen molar-refractivity contribution in [3.63, 3.8) is 0 Å². The van der Waals surface area contributed by atoms with Crippen LogP contribution in [0, 0.1) is 0 Å². The zero-order valence-corrected chi connectivity index (χ0v) is 18.6. The molecule has 0 radical (unpaired) electrons. The van der Waals surface area contributed by atoms with Crippen LogP contribution in [0.15, 0.2) is 67.1 Å². The molecule has 33 heavy (non-hydrogen) atoms. The molecule has 0 saturated heterocycles. The van der Waals surface area contributed by atoms with Gasteiger partial charge >= 0.3 is 0 Å². The molecular weight excluding hydrogens is 412 g/mol. The second-order valence-corrected chi connectivity index (χ2v) is 8.14. The summed E-state index contributed by atoms with van der Waals surface area (Å²) in [5.74, 6) is 0.821. The number of fused-ring (bicyclic) bond motifs is 2. The van der Waals surface area contributed by atoms with Crippen LogP contribution in [0.2, 0.25) is 0 Å². The lowest BCUT2D eigenvalue weighted by Crippen LogP contribution is -2.29.